The number of furan rings is 1. The first-order valence-electron chi connectivity index (χ1n) is 5.86. The van der Waals surface area contributed by atoms with Gasteiger partial charge in [-0.2, -0.15) is 0 Å². The van der Waals surface area contributed by atoms with E-state index in [-0.39, 0.29) is 25.0 Å². The quantitative estimate of drug-likeness (QED) is 0.685. The van der Waals surface area contributed by atoms with Gasteiger partial charge in [-0.3, -0.25) is 4.79 Å². The van der Waals surface area contributed by atoms with Crippen molar-refractivity contribution in [3.8, 4) is 0 Å². The summed E-state index contributed by atoms with van der Waals surface area (Å²) in [6.07, 6.45) is 3.06. The van der Waals surface area contributed by atoms with Crippen LogP contribution in [0, 0.1) is 0 Å². The number of nitrogens with one attached hydrogen (secondary N) is 2. The summed E-state index contributed by atoms with van der Waals surface area (Å²) in [5.74, 6) is -0.0453. The highest BCUT2D eigenvalue weighted by Gasteiger charge is 2.08. The van der Waals surface area contributed by atoms with Gasteiger partial charge in [0.2, 0.25) is 0 Å². The van der Waals surface area contributed by atoms with Crippen LogP contribution in [-0.2, 0) is 11.2 Å². The van der Waals surface area contributed by atoms with Crippen LogP contribution in [0.2, 0.25) is 0 Å². The van der Waals surface area contributed by atoms with Gasteiger partial charge in [-0.05, 0) is 25.5 Å². The first kappa shape index (κ1) is 14.1. The van der Waals surface area contributed by atoms with Crippen molar-refractivity contribution in [3.63, 3.8) is 0 Å². The van der Waals surface area contributed by atoms with Crippen LogP contribution in [0.4, 0.5) is 4.79 Å². The molecule has 1 atom stereocenters. The summed E-state index contributed by atoms with van der Waals surface area (Å²) in [5.41, 5.74) is 0. The fraction of sp³-hybridized carbons (Fsp3) is 0.500. The second-order valence-corrected chi connectivity index (χ2v) is 4.06. The molecule has 6 nitrogen and oxygen atoms in total. The van der Waals surface area contributed by atoms with Gasteiger partial charge < -0.3 is 20.2 Å². The molecule has 0 fully saturated rings. The summed E-state index contributed by atoms with van der Waals surface area (Å²) in [6, 6.07) is 3.37. The number of aliphatic carboxylic acids is 1. The molecule has 1 unspecified atom stereocenters. The summed E-state index contributed by atoms with van der Waals surface area (Å²) in [7, 11) is 0. The van der Waals surface area contributed by atoms with E-state index in [1.54, 1.807) is 6.26 Å². The lowest BCUT2D eigenvalue weighted by Gasteiger charge is -2.13. The van der Waals surface area contributed by atoms with Gasteiger partial charge in [0.15, 0.2) is 0 Å². The molecule has 1 heterocycles. The molecule has 0 bridgehead atoms. The molecule has 0 aromatic carbocycles. The Morgan fingerprint density at radius 1 is 1.50 bits per heavy atom. The summed E-state index contributed by atoms with van der Waals surface area (Å²) in [5, 5.41) is 13.6. The van der Waals surface area contributed by atoms with E-state index in [0.717, 1.165) is 18.6 Å². The summed E-state index contributed by atoms with van der Waals surface area (Å²) in [4.78, 5) is 21.6. The van der Waals surface area contributed by atoms with Crippen molar-refractivity contribution in [1.82, 2.24) is 10.6 Å². The molecule has 1 aromatic heterocycles. The highest BCUT2D eigenvalue weighted by Crippen LogP contribution is 2.05. The Morgan fingerprint density at radius 2 is 2.28 bits per heavy atom. The number of hydrogen-bond acceptors (Lipinski definition) is 3. The van der Waals surface area contributed by atoms with Crippen molar-refractivity contribution in [2.75, 3.05) is 6.54 Å². The Kier molecular flexibility index (Phi) is 5.76. The van der Waals surface area contributed by atoms with Gasteiger partial charge in [-0.1, -0.05) is 0 Å². The number of amides is 2. The van der Waals surface area contributed by atoms with Gasteiger partial charge in [0.05, 0.1) is 12.7 Å². The zero-order valence-electron chi connectivity index (χ0n) is 10.3. The topological polar surface area (TPSA) is 91.6 Å². The Balaban J connectivity index is 2.13. The standard InChI is InChI=1S/C12H18N2O4/c1-9(4-5-10-3-2-8-18-10)14-12(17)13-7-6-11(15)16/h2-3,8-9H,4-7H2,1H3,(H,15,16)(H2,13,14,17). The molecule has 6 heteroatoms. The van der Waals surface area contributed by atoms with E-state index in [1.807, 2.05) is 19.1 Å². The Labute approximate surface area is 105 Å². The fourth-order valence-corrected chi connectivity index (χ4v) is 1.44. The molecule has 0 saturated heterocycles. The molecule has 0 aliphatic heterocycles. The third kappa shape index (κ3) is 5.93. The molecule has 1 rings (SSSR count). The van der Waals surface area contributed by atoms with Crippen molar-refractivity contribution >= 4 is 12.0 Å². The Morgan fingerprint density at radius 3 is 2.89 bits per heavy atom. The maximum atomic E-state index is 11.4. The molecule has 1 aromatic rings. The van der Waals surface area contributed by atoms with E-state index in [9.17, 15) is 9.59 Å². The lowest BCUT2D eigenvalue weighted by molar-refractivity contribution is -0.136. The van der Waals surface area contributed by atoms with Crippen LogP contribution in [0.1, 0.15) is 25.5 Å². The van der Waals surface area contributed by atoms with Crippen LogP contribution in [-0.4, -0.2) is 29.7 Å². The predicted octanol–water partition coefficient (Wildman–Crippen LogP) is 1.37. The molecular formula is C12H18N2O4. The number of carboxylic acid groups (broad SMARTS) is 1. The molecule has 3 N–H and O–H groups in total. The second kappa shape index (κ2) is 7.37. The van der Waals surface area contributed by atoms with Crippen molar-refractivity contribution in [3.05, 3.63) is 24.2 Å². The van der Waals surface area contributed by atoms with E-state index in [4.69, 9.17) is 9.52 Å². The second-order valence-electron chi connectivity index (χ2n) is 4.06. The number of carboxylic acids is 1. The number of urea groups is 1. The van der Waals surface area contributed by atoms with Crippen molar-refractivity contribution in [2.24, 2.45) is 0 Å². The van der Waals surface area contributed by atoms with Crippen molar-refractivity contribution < 1.29 is 19.1 Å². The van der Waals surface area contributed by atoms with Crippen LogP contribution in [0.5, 0.6) is 0 Å². The highest BCUT2D eigenvalue weighted by atomic mass is 16.4. The molecule has 0 saturated carbocycles. The number of hydrogen-bond donors (Lipinski definition) is 3. The summed E-state index contributed by atoms with van der Waals surface area (Å²) < 4.78 is 5.19. The van der Waals surface area contributed by atoms with Crippen LogP contribution >= 0.6 is 0 Å². The molecule has 0 aliphatic rings. The first-order valence-corrected chi connectivity index (χ1v) is 5.86. The average molecular weight is 254 g/mol. The van der Waals surface area contributed by atoms with Gasteiger partial charge in [0, 0.05) is 19.0 Å². The van der Waals surface area contributed by atoms with E-state index >= 15 is 0 Å². The van der Waals surface area contributed by atoms with E-state index in [2.05, 4.69) is 10.6 Å². The van der Waals surface area contributed by atoms with E-state index < -0.39 is 5.97 Å². The summed E-state index contributed by atoms with van der Waals surface area (Å²) in [6.45, 7) is 2.02. The number of rotatable bonds is 7. The lowest BCUT2D eigenvalue weighted by atomic mass is 10.1. The molecule has 100 valence electrons. The van der Waals surface area contributed by atoms with Gasteiger partial charge in [-0.15, -0.1) is 0 Å². The SMILES string of the molecule is CC(CCc1ccco1)NC(=O)NCCC(=O)O. The minimum absolute atomic E-state index is 0.0000666. The minimum atomic E-state index is -0.929. The monoisotopic (exact) mass is 254 g/mol. The Bertz CT molecular complexity index is 375. The van der Waals surface area contributed by atoms with Gasteiger partial charge in [0.1, 0.15) is 5.76 Å². The van der Waals surface area contributed by atoms with Crippen LogP contribution in [0.15, 0.2) is 22.8 Å². The zero-order valence-corrected chi connectivity index (χ0v) is 10.3. The third-order valence-electron chi connectivity index (χ3n) is 2.41. The molecule has 2 amide bonds. The predicted molar refractivity (Wildman–Crippen MR) is 65.3 cm³/mol. The fourth-order valence-electron chi connectivity index (χ4n) is 1.44. The van der Waals surface area contributed by atoms with Gasteiger partial charge in [0.25, 0.3) is 0 Å². The molecule has 18 heavy (non-hydrogen) atoms. The zero-order chi connectivity index (χ0) is 13.4. The minimum Gasteiger partial charge on any atom is -0.481 e. The Hall–Kier alpha value is -1.98. The number of aryl methyl sites for hydroxylation is 1. The van der Waals surface area contributed by atoms with Gasteiger partial charge in [-0.25, -0.2) is 4.79 Å². The molecule has 0 spiro atoms. The largest absolute Gasteiger partial charge is 0.481 e. The number of carbonyl (C=O) groups is 2. The average Bonchev–Trinajstić information content (AvgIpc) is 2.78. The molecular weight excluding hydrogens is 236 g/mol. The first-order chi connectivity index (χ1) is 8.58. The van der Waals surface area contributed by atoms with Crippen LogP contribution in [0.3, 0.4) is 0 Å². The number of carbonyl (C=O) groups excluding carboxylic acids is 1. The van der Waals surface area contributed by atoms with Crippen molar-refractivity contribution in [2.45, 2.75) is 32.2 Å². The molecule has 0 aliphatic carbocycles. The van der Waals surface area contributed by atoms with Gasteiger partial charge >= 0.3 is 12.0 Å². The maximum Gasteiger partial charge on any atom is 0.315 e. The third-order valence-corrected chi connectivity index (χ3v) is 2.41. The molecule has 0 radical (unpaired) electrons. The van der Waals surface area contributed by atoms with Crippen LogP contribution in [0.25, 0.3) is 0 Å². The smallest absolute Gasteiger partial charge is 0.315 e. The van der Waals surface area contributed by atoms with Crippen LogP contribution < -0.4 is 10.6 Å². The lowest BCUT2D eigenvalue weighted by Crippen LogP contribution is -2.41. The van der Waals surface area contributed by atoms with Crippen molar-refractivity contribution in [1.29, 1.82) is 0 Å². The summed E-state index contributed by atoms with van der Waals surface area (Å²) >= 11 is 0. The maximum absolute atomic E-state index is 11.4. The van der Waals surface area contributed by atoms with E-state index in [0.29, 0.717) is 0 Å². The normalized spacial score (nSPS) is 11.8. The van der Waals surface area contributed by atoms with E-state index in [1.165, 1.54) is 0 Å². The highest BCUT2D eigenvalue weighted by molar-refractivity contribution is 5.75.